The van der Waals surface area contributed by atoms with Gasteiger partial charge in [-0.3, -0.25) is 0 Å². The van der Waals surface area contributed by atoms with E-state index in [1.54, 1.807) is 0 Å². The van der Waals surface area contributed by atoms with Crippen LogP contribution in [-0.2, 0) is 4.79 Å². The average molecular weight is 193 g/mol. The summed E-state index contributed by atoms with van der Waals surface area (Å²) < 4.78 is 0. The van der Waals surface area contributed by atoms with E-state index < -0.39 is 37.0 Å². The smallest absolute Gasteiger partial charge is 0.335 e. The molecule has 7 heteroatoms. The van der Waals surface area contributed by atoms with Crippen LogP contribution in [0.4, 0.5) is 0 Å². The van der Waals surface area contributed by atoms with Gasteiger partial charge in [-0.05, 0) is 0 Å². The number of aliphatic carboxylic acids is 1. The Labute approximate surface area is 73.5 Å². The molecule has 1 atom stereocenters. The molecule has 0 spiro atoms. The zero-order valence-electron chi connectivity index (χ0n) is 6.38. The summed E-state index contributed by atoms with van der Waals surface area (Å²) in [6, 6.07) is 0. The second-order valence-electron chi connectivity index (χ2n) is 2.08. The molecule has 0 aliphatic carbocycles. The Kier molecular flexibility index (Phi) is 4.81. The van der Waals surface area contributed by atoms with Crippen LogP contribution in [0.1, 0.15) is 0 Å². The van der Waals surface area contributed by atoms with Gasteiger partial charge >= 0.3 is 5.97 Å². The molecule has 3 radical (unpaired) electrons. The van der Waals surface area contributed by atoms with E-state index in [0.717, 1.165) is 0 Å². The third-order valence-electron chi connectivity index (χ3n) is 1.16. The highest BCUT2D eigenvalue weighted by molar-refractivity contribution is 5.75. The molecular weight excluding hydrogens is 184 g/mol. The molecular formula is C6H9O7. The number of carboxylic acids is 1. The molecule has 0 aromatic carbocycles. The maximum atomic E-state index is 10.0. The molecule has 13 heavy (non-hydrogen) atoms. The average Bonchev–Trinajstić information content (AvgIpc) is 2.12. The predicted octanol–water partition coefficient (Wildman–Crippen LogP) is -1.86. The molecule has 75 valence electrons. The van der Waals surface area contributed by atoms with Crippen LogP contribution in [0, 0.1) is 18.3 Å². The van der Waals surface area contributed by atoms with Crippen LogP contribution in [0.15, 0.2) is 0 Å². The lowest BCUT2D eigenvalue weighted by molar-refractivity contribution is -0.148. The van der Waals surface area contributed by atoms with E-state index >= 15 is 0 Å². The molecule has 0 unspecified atom stereocenters. The quantitative estimate of drug-likeness (QED) is 0.301. The lowest BCUT2D eigenvalue weighted by atomic mass is 10.0. The zero-order chi connectivity index (χ0) is 10.6. The fraction of sp³-hybridized carbons (Fsp3) is 0.333. The molecule has 7 nitrogen and oxygen atoms in total. The maximum absolute atomic E-state index is 10.0. The first kappa shape index (κ1) is 12.3. The summed E-state index contributed by atoms with van der Waals surface area (Å²) in [6.07, 6.45) is -5.96. The molecule has 0 fully saturated rings. The normalized spacial score (nSPS) is 14.2. The van der Waals surface area contributed by atoms with E-state index in [0.29, 0.717) is 0 Å². The van der Waals surface area contributed by atoms with Crippen molar-refractivity contribution in [3.05, 3.63) is 18.3 Å². The highest BCUT2D eigenvalue weighted by Crippen LogP contribution is 2.22. The van der Waals surface area contributed by atoms with Crippen LogP contribution in [0.2, 0.25) is 0 Å². The van der Waals surface area contributed by atoms with Crippen molar-refractivity contribution in [2.75, 3.05) is 6.61 Å². The number of rotatable bonds is 5. The van der Waals surface area contributed by atoms with Crippen molar-refractivity contribution in [2.45, 2.75) is 6.10 Å². The molecule has 0 aromatic heterocycles. The van der Waals surface area contributed by atoms with Crippen molar-refractivity contribution < 1.29 is 35.4 Å². The first-order valence-electron chi connectivity index (χ1n) is 3.10. The lowest BCUT2D eigenvalue weighted by Gasteiger charge is -2.19. The van der Waals surface area contributed by atoms with Crippen LogP contribution in [0.5, 0.6) is 0 Å². The van der Waals surface area contributed by atoms with E-state index in [1.807, 2.05) is 0 Å². The summed E-state index contributed by atoms with van der Waals surface area (Å²) in [4.78, 5) is 10.0. The minimum atomic E-state index is -2.34. The van der Waals surface area contributed by atoms with Crippen molar-refractivity contribution in [2.24, 2.45) is 0 Å². The fourth-order valence-corrected chi connectivity index (χ4v) is 0.469. The highest BCUT2D eigenvalue weighted by atomic mass is 16.4. The number of aliphatic hydroxyl groups is 5. The van der Waals surface area contributed by atoms with Gasteiger partial charge in [0.1, 0.15) is 0 Å². The summed E-state index contributed by atoms with van der Waals surface area (Å²) in [7, 11) is 0. The standard InChI is InChI=1S/C6H9O7/c7-1-2(8)3(9)4(10)5(11)6(12)13/h5,7-11H,1H2,(H,12,13)/t5-/m1/s1. The third-order valence-corrected chi connectivity index (χ3v) is 1.16. The molecule has 0 rings (SSSR count). The highest BCUT2D eigenvalue weighted by Gasteiger charge is 2.36. The van der Waals surface area contributed by atoms with E-state index in [4.69, 9.17) is 30.6 Å². The number of carboxylic acid groups (broad SMARTS) is 1. The van der Waals surface area contributed by atoms with Crippen LogP contribution < -0.4 is 0 Å². The fourth-order valence-electron chi connectivity index (χ4n) is 0.469. The second kappa shape index (κ2) is 5.10. The largest absolute Gasteiger partial charge is 0.479 e. The lowest BCUT2D eigenvalue weighted by Crippen LogP contribution is -2.34. The van der Waals surface area contributed by atoms with Crippen molar-refractivity contribution >= 4 is 5.97 Å². The number of aliphatic hydroxyl groups excluding tert-OH is 5. The topological polar surface area (TPSA) is 138 Å². The van der Waals surface area contributed by atoms with Gasteiger partial charge in [0.25, 0.3) is 0 Å². The van der Waals surface area contributed by atoms with Gasteiger partial charge in [0.05, 0.1) is 6.61 Å². The molecule has 0 saturated heterocycles. The van der Waals surface area contributed by atoms with Crippen molar-refractivity contribution in [1.29, 1.82) is 0 Å². The van der Waals surface area contributed by atoms with Crippen molar-refractivity contribution in [3.8, 4) is 0 Å². The Morgan fingerprint density at radius 2 is 1.62 bits per heavy atom. The minimum Gasteiger partial charge on any atom is -0.479 e. The number of carbonyl (C=O) groups is 1. The third kappa shape index (κ3) is 3.25. The summed E-state index contributed by atoms with van der Waals surface area (Å²) >= 11 is 0. The Morgan fingerprint density at radius 3 is 1.92 bits per heavy atom. The van der Waals surface area contributed by atoms with Gasteiger partial charge in [0.2, 0.25) is 0 Å². The van der Waals surface area contributed by atoms with Gasteiger partial charge < -0.3 is 30.6 Å². The van der Waals surface area contributed by atoms with E-state index in [1.165, 1.54) is 0 Å². The molecule has 6 N–H and O–H groups in total. The Balaban J connectivity index is 4.24. The molecule has 0 bridgehead atoms. The van der Waals surface area contributed by atoms with E-state index in [9.17, 15) is 4.79 Å². The Hall–Kier alpha value is -0.730. The maximum Gasteiger partial charge on any atom is 0.335 e. The van der Waals surface area contributed by atoms with E-state index in [-0.39, 0.29) is 0 Å². The minimum absolute atomic E-state index is 0.984. The molecule has 0 aliphatic rings. The predicted molar refractivity (Wildman–Crippen MR) is 36.3 cm³/mol. The van der Waals surface area contributed by atoms with Gasteiger partial charge in [-0.15, -0.1) is 0 Å². The molecule has 0 amide bonds. The molecule has 0 saturated carbocycles. The van der Waals surface area contributed by atoms with Gasteiger partial charge in [0, 0.05) is 0 Å². The van der Waals surface area contributed by atoms with Gasteiger partial charge in [-0.1, -0.05) is 0 Å². The summed E-state index contributed by atoms with van der Waals surface area (Å²) in [6.45, 7) is -0.984. The van der Waals surface area contributed by atoms with Crippen LogP contribution >= 0.6 is 0 Å². The Morgan fingerprint density at radius 1 is 1.15 bits per heavy atom. The molecule has 0 aromatic rings. The summed E-state index contributed by atoms with van der Waals surface area (Å²) in [5, 5.41) is 51.2. The SMILES string of the molecule is O=C(O)[C@H](O)[C](O)[C](O)[C](O)CO. The summed E-state index contributed by atoms with van der Waals surface area (Å²) in [5.41, 5.74) is 0. The van der Waals surface area contributed by atoms with Gasteiger partial charge in [-0.25, -0.2) is 4.79 Å². The summed E-state index contributed by atoms with van der Waals surface area (Å²) in [5.74, 6) is -1.80. The molecule has 0 aliphatic heterocycles. The Bertz CT molecular complexity index is 170. The van der Waals surface area contributed by atoms with Gasteiger partial charge in [-0.2, -0.15) is 0 Å². The van der Waals surface area contributed by atoms with Crippen LogP contribution in [0.3, 0.4) is 0 Å². The van der Waals surface area contributed by atoms with Crippen LogP contribution in [0.25, 0.3) is 0 Å². The van der Waals surface area contributed by atoms with Crippen molar-refractivity contribution in [3.63, 3.8) is 0 Å². The second-order valence-corrected chi connectivity index (χ2v) is 2.08. The monoisotopic (exact) mass is 193 g/mol. The molecule has 0 heterocycles. The number of hydrogen-bond donors (Lipinski definition) is 6. The van der Waals surface area contributed by atoms with Gasteiger partial charge in [0.15, 0.2) is 24.4 Å². The van der Waals surface area contributed by atoms with E-state index in [2.05, 4.69) is 0 Å². The first-order valence-corrected chi connectivity index (χ1v) is 3.10. The van der Waals surface area contributed by atoms with Crippen LogP contribution in [-0.4, -0.2) is 49.3 Å². The van der Waals surface area contributed by atoms with Crippen molar-refractivity contribution in [1.82, 2.24) is 0 Å². The number of hydrogen-bond acceptors (Lipinski definition) is 6. The zero-order valence-corrected chi connectivity index (χ0v) is 6.38. The first-order chi connectivity index (χ1) is 5.91.